The number of hydrogen-bond donors (Lipinski definition) is 1. The molecule has 0 aliphatic rings. The molecule has 0 radical (unpaired) electrons. The average molecular weight is 213 g/mol. The first kappa shape index (κ1) is 11.6. The summed E-state index contributed by atoms with van der Waals surface area (Å²) in [4.78, 5) is 9.98. The number of halogens is 1. The van der Waals surface area contributed by atoms with Crippen molar-refractivity contribution < 1.29 is 14.4 Å². The Bertz CT molecular complexity index is 366. The molecule has 1 aromatic carbocycles. The Labute approximate surface area is 86.5 Å². The van der Waals surface area contributed by atoms with E-state index in [2.05, 4.69) is 0 Å². The maximum Gasteiger partial charge on any atom is 0.275 e. The lowest BCUT2D eigenvalue weighted by Crippen LogP contribution is -2.05. The molecule has 0 bridgehead atoms. The van der Waals surface area contributed by atoms with E-state index in [0.29, 0.717) is 6.42 Å². The summed E-state index contributed by atoms with van der Waals surface area (Å²) in [6.45, 7) is 1.56. The van der Waals surface area contributed by atoms with Crippen LogP contribution in [-0.4, -0.2) is 16.1 Å². The van der Waals surface area contributed by atoms with Gasteiger partial charge < -0.3 is 5.11 Å². The molecule has 15 heavy (non-hydrogen) atoms. The Hall–Kier alpha value is -1.49. The van der Waals surface area contributed by atoms with Crippen LogP contribution in [0.4, 0.5) is 10.1 Å². The van der Waals surface area contributed by atoms with Crippen molar-refractivity contribution in [2.45, 2.75) is 25.9 Å². The predicted molar refractivity (Wildman–Crippen MR) is 53.1 cm³/mol. The van der Waals surface area contributed by atoms with Crippen LogP contribution in [0.1, 0.15) is 18.9 Å². The van der Waals surface area contributed by atoms with Crippen molar-refractivity contribution in [2.24, 2.45) is 0 Å². The van der Waals surface area contributed by atoms with Crippen molar-refractivity contribution in [1.29, 1.82) is 0 Å². The van der Waals surface area contributed by atoms with Gasteiger partial charge in [-0.2, -0.15) is 0 Å². The smallest absolute Gasteiger partial charge is 0.275 e. The number of nitro benzene ring substituents is 1. The van der Waals surface area contributed by atoms with Crippen LogP contribution in [0.3, 0.4) is 0 Å². The minimum absolute atomic E-state index is 0.0587. The summed E-state index contributed by atoms with van der Waals surface area (Å²) in [6, 6.07) is 3.75. The van der Waals surface area contributed by atoms with Crippen molar-refractivity contribution in [3.63, 3.8) is 0 Å². The van der Waals surface area contributed by atoms with Crippen LogP contribution < -0.4 is 0 Å². The fourth-order valence-electron chi connectivity index (χ4n) is 1.32. The lowest BCUT2D eigenvalue weighted by Gasteiger charge is -2.05. The molecule has 82 valence electrons. The van der Waals surface area contributed by atoms with Crippen LogP contribution in [0.2, 0.25) is 0 Å². The van der Waals surface area contributed by atoms with E-state index in [4.69, 9.17) is 5.11 Å². The molecule has 0 saturated carbocycles. The first-order chi connectivity index (χ1) is 7.02. The van der Waals surface area contributed by atoms with Gasteiger partial charge in [0.1, 0.15) is 5.82 Å². The molecule has 4 nitrogen and oxygen atoms in total. The third-order valence-corrected chi connectivity index (χ3v) is 2.10. The van der Waals surface area contributed by atoms with Crippen LogP contribution in [0.25, 0.3) is 0 Å². The van der Waals surface area contributed by atoms with E-state index in [1.807, 2.05) is 0 Å². The van der Waals surface area contributed by atoms with Crippen LogP contribution in [-0.2, 0) is 6.42 Å². The van der Waals surface area contributed by atoms with Gasteiger partial charge in [-0.3, -0.25) is 10.1 Å². The Morgan fingerprint density at radius 3 is 2.80 bits per heavy atom. The topological polar surface area (TPSA) is 63.4 Å². The highest BCUT2D eigenvalue weighted by Gasteiger charge is 2.17. The van der Waals surface area contributed by atoms with Gasteiger partial charge in [-0.15, -0.1) is 0 Å². The summed E-state index contributed by atoms with van der Waals surface area (Å²) in [5, 5.41) is 19.6. The fraction of sp³-hybridized carbons (Fsp3) is 0.400. The zero-order valence-corrected chi connectivity index (χ0v) is 8.31. The van der Waals surface area contributed by atoms with Gasteiger partial charge in [-0.25, -0.2) is 4.39 Å². The van der Waals surface area contributed by atoms with Crippen LogP contribution in [0.5, 0.6) is 0 Å². The van der Waals surface area contributed by atoms with E-state index >= 15 is 0 Å². The minimum Gasteiger partial charge on any atom is -0.393 e. The van der Waals surface area contributed by atoms with E-state index < -0.39 is 16.8 Å². The van der Waals surface area contributed by atoms with E-state index in [9.17, 15) is 14.5 Å². The largest absolute Gasteiger partial charge is 0.393 e. The lowest BCUT2D eigenvalue weighted by atomic mass is 10.0. The molecular formula is C10H12FNO3. The zero-order chi connectivity index (χ0) is 11.4. The Balaban J connectivity index is 2.97. The summed E-state index contributed by atoms with van der Waals surface area (Å²) in [7, 11) is 0. The molecule has 0 heterocycles. The molecule has 1 N–H and O–H groups in total. The number of hydrogen-bond acceptors (Lipinski definition) is 3. The molecule has 0 unspecified atom stereocenters. The fourth-order valence-corrected chi connectivity index (χ4v) is 1.32. The number of nitrogens with zero attached hydrogens (tertiary/aromatic N) is 1. The molecular weight excluding hydrogens is 201 g/mol. The molecule has 0 fully saturated rings. The first-order valence-electron chi connectivity index (χ1n) is 4.62. The maximum absolute atomic E-state index is 13.3. The third-order valence-electron chi connectivity index (χ3n) is 2.10. The number of aliphatic hydroxyl groups is 1. The molecule has 0 aromatic heterocycles. The van der Waals surface area contributed by atoms with Crippen molar-refractivity contribution in [3.8, 4) is 0 Å². The van der Waals surface area contributed by atoms with E-state index in [1.54, 1.807) is 6.92 Å². The van der Waals surface area contributed by atoms with Crippen molar-refractivity contribution in [3.05, 3.63) is 39.7 Å². The summed E-state index contributed by atoms with van der Waals surface area (Å²) in [5.74, 6) is -0.593. The van der Waals surface area contributed by atoms with Gasteiger partial charge in [0.05, 0.1) is 16.6 Å². The summed E-state index contributed by atoms with van der Waals surface area (Å²) in [5.41, 5.74) is -0.168. The van der Waals surface area contributed by atoms with Crippen molar-refractivity contribution >= 4 is 5.69 Å². The van der Waals surface area contributed by atoms with Gasteiger partial charge in [0, 0.05) is 6.07 Å². The van der Waals surface area contributed by atoms with Gasteiger partial charge in [-0.1, -0.05) is 6.07 Å². The van der Waals surface area contributed by atoms with Gasteiger partial charge in [0.2, 0.25) is 0 Å². The molecule has 0 spiro atoms. The van der Waals surface area contributed by atoms with Gasteiger partial charge in [0.15, 0.2) is 0 Å². The molecule has 5 heteroatoms. The van der Waals surface area contributed by atoms with Crippen LogP contribution >= 0.6 is 0 Å². The quantitative estimate of drug-likeness (QED) is 0.615. The number of benzene rings is 1. The summed E-state index contributed by atoms with van der Waals surface area (Å²) >= 11 is 0. The summed E-state index contributed by atoms with van der Waals surface area (Å²) < 4.78 is 13.3. The van der Waals surface area contributed by atoms with Crippen molar-refractivity contribution in [1.82, 2.24) is 0 Å². The molecule has 0 saturated heterocycles. The molecule has 0 amide bonds. The molecule has 0 aliphatic heterocycles. The lowest BCUT2D eigenvalue weighted by molar-refractivity contribution is -0.385. The molecule has 1 aromatic rings. The number of aliphatic hydroxyl groups excluding tert-OH is 1. The monoisotopic (exact) mass is 213 g/mol. The van der Waals surface area contributed by atoms with Crippen LogP contribution in [0, 0.1) is 15.9 Å². The van der Waals surface area contributed by atoms with E-state index in [-0.39, 0.29) is 17.7 Å². The van der Waals surface area contributed by atoms with Crippen molar-refractivity contribution in [2.75, 3.05) is 0 Å². The second-order valence-electron chi connectivity index (χ2n) is 3.38. The SMILES string of the molecule is C[C@@H](O)CCc1c(F)cccc1[N+](=O)[O-]. The second kappa shape index (κ2) is 4.84. The highest BCUT2D eigenvalue weighted by molar-refractivity contribution is 5.40. The van der Waals surface area contributed by atoms with E-state index in [0.717, 1.165) is 0 Å². The molecule has 1 atom stereocenters. The van der Waals surface area contributed by atoms with Gasteiger partial charge in [0.25, 0.3) is 5.69 Å². The molecule has 1 rings (SSSR count). The average Bonchev–Trinajstić information content (AvgIpc) is 2.15. The van der Waals surface area contributed by atoms with Gasteiger partial charge in [-0.05, 0) is 25.8 Å². The Kier molecular flexibility index (Phi) is 3.74. The Morgan fingerprint density at radius 1 is 1.60 bits per heavy atom. The Morgan fingerprint density at radius 2 is 2.27 bits per heavy atom. The minimum atomic E-state index is -0.611. The predicted octanol–water partition coefficient (Wildman–Crippen LogP) is 2.05. The normalized spacial score (nSPS) is 12.5. The van der Waals surface area contributed by atoms with Gasteiger partial charge >= 0.3 is 0 Å². The maximum atomic E-state index is 13.3. The first-order valence-corrected chi connectivity index (χ1v) is 4.62. The molecule has 0 aliphatic carbocycles. The number of rotatable bonds is 4. The van der Waals surface area contributed by atoms with Crippen LogP contribution in [0.15, 0.2) is 18.2 Å². The highest BCUT2D eigenvalue weighted by atomic mass is 19.1. The number of nitro groups is 1. The second-order valence-corrected chi connectivity index (χ2v) is 3.38. The highest BCUT2D eigenvalue weighted by Crippen LogP contribution is 2.22. The summed E-state index contributed by atoms with van der Waals surface area (Å²) in [6.07, 6.45) is -0.119. The standard InChI is InChI=1S/C10H12FNO3/c1-7(13)5-6-8-9(11)3-2-4-10(8)12(14)15/h2-4,7,13H,5-6H2,1H3/t7-/m1/s1. The zero-order valence-electron chi connectivity index (χ0n) is 8.31. The third kappa shape index (κ3) is 2.99. The van der Waals surface area contributed by atoms with E-state index in [1.165, 1.54) is 18.2 Å².